The summed E-state index contributed by atoms with van der Waals surface area (Å²) in [5.41, 5.74) is 11.5. The average Bonchev–Trinajstić information content (AvgIpc) is 2.88. The summed E-state index contributed by atoms with van der Waals surface area (Å²) in [5.74, 6) is 1.17. The Kier molecular flexibility index (Phi) is 3.75. The van der Waals surface area contributed by atoms with E-state index >= 15 is 0 Å². The Morgan fingerprint density at radius 1 is 1.18 bits per heavy atom. The van der Waals surface area contributed by atoms with Crippen LogP contribution in [0.25, 0.3) is 22.6 Å². The van der Waals surface area contributed by atoms with Crippen molar-refractivity contribution < 1.29 is 4.42 Å². The molecular weight excluding hydrogens is 274 g/mol. The van der Waals surface area contributed by atoms with E-state index in [9.17, 15) is 0 Å². The molecule has 22 heavy (non-hydrogen) atoms. The third-order valence-electron chi connectivity index (χ3n) is 3.54. The number of nitrogens with one attached hydrogen (secondary N) is 1. The number of hydrogen-bond acceptors (Lipinski definition) is 4. The van der Waals surface area contributed by atoms with Gasteiger partial charge < -0.3 is 15.5 Å². The summed E-state index contributed by atoms with van der Waals surface area (Å²) < 4.78 is 5.82. The molecule has 0 bridgehead atoms. The number of nitrogens with two attached hydrogens (primary N) is 1. The molecule has 114 valence electrons. The first-order chi connectivity index (χ1) is 10.5. The number of nitrogen functional groups attached to an aromatic ring is 1. The van der Waals surface area contributed by atoms with Gasteiger partial charge >= 0.3 is 0 Å². The topological polar surface area (TPSA) is 64.1 Å². The molecule has 0 radical (unpaired) electrons. The summed E-state index contributed by atoms with van der Waals surface area (Å²) in [6.07, 6.45) is 0. The number of aromatic nitrogens is 1. The zero-order valence-corrected chi connectivity index (χ0v) is 13.2. The van der Waals surface area contributed by atoms with Gasteiger partial charge in [0.05, 0.1) is 11.4 Å². The Labute approximate surface area is 130 Å². The molecule has 2 aromatic carbocycles. The number of anilines is 2. The normalized spacial score (nSPS) is 11.3. The first-order valence-corrected chi connectivity index (χ1v) is 7.54. The molecule has 0 fully saturated rings. The third kappa shape index (κ3) is 2.91. The molecule has 0 aliphatic carbocycles. The van der Waals surface area contributed by atoms with Crippen LogP contribution in [0.4, 0.5) is 11.4 Å². The van der Waals surface area contributed by atoms with Crippen molar-refractivity contribution in [2.75, 3.05) is 17.6 Å². The van der Waals surface area contributed by atoms with Crippen molar-refractivity contribution in [3.8, 4) is 11.5 Å². The summed E-state index contributed by atoms with van der Waals surface area (Å²) >= 11 is 0. The SMILES string of the molecule is Cc1ccc2oc(-c3ccc(NCC(C)C)c(N)c3)nc2c1. The molecule has 1 aromatic heterocycles. The number of benzene rings is 2. The quantitative estimate of drug-likeness (QED) is 0.698. The lowest BCUT2D eigenvalue weighted by Crippen LogP contribution is -2.09. The van der Waals surface area contributed by atoms with Crippen LogP contribution in [-0.2, 0) is 0 Å². The molecular formula is C18H21N3O. The number of rotatable bonds is 4. The first kappa shape index (κ1) is 14.4. The lowest BCUT2D eigenvalue weighted by Gasteiger charge is -2.11. The van der Waals surface area contributed by atoms with Crippen LogP contribution in [0.2, 0.25) is 0 Å². The van der Waals surface area contributed by atoms with Gasteiger partial charge in [-0.1, -0.05) is 19.9 Å². The van der Waals surface area contributed by atoms with Crippen molar-refractivity contribution in [3.63, 3.8) is 0 Å². The highest BCUT2D eigenvalue weighted by Crippen LogP contribution is 2.29. The maximum absolute atomic E-state index is 6.13. The van der Waals surface area contributed by atoms with Gasteiger partial charge in [0.1, 0.15) is 5.52 Å². The van der Waals surface area contributed by atoms with E-state index in [4.69, 9.17) is 10.2 Å². The third-order valence-corrected chi connectivity index (χ3v) is 3.54. The fourth-order valence-corrected chi connectivity index (χ4v) is 2.33. The van der Waals surface area contributed by atoms with Gasteiger partial charge in [0.15, 0.2) is 5.58 Å². The Morgan fingerprint density at radius 3 is 2.73 bits per heavy atom. The van der Waals surface area contributed by atoms with E-state index in [1.54, 1.807) is 0 Å². The number of fused-ring (bicyclic) bond motifs is 1. The van der Waals surface area contributed by atoms with Gasteiger partial charge in [-0.25, -0.2) is 4.98 Å². The van der Waals surface area contributed by atoms with Crippen LogP contribution in [0.15, 0.2) is 40.8 Å². The number of oxazole rings is 1. The second kappa shape index (κ2) is 5.72. The van der Waals surface area contributed by atoms with Gasteiger partial charge in [0.25, 0.3) is 0 Å². The fraction of sp³-hybridized carbons (Fsp3) is 0.278. The van der Waals surface area contributed by atoms with Crippen LogP contribution >= 0.6 is 0 Å². The molecule has 4 heteroatoms. The summed E-state index contributed by atoms with van der Waals surface area (Å²) in [5, 5.41) is 3.35. The highest BCUT2D eigenvalue weighted by molar-refractivity contribution is 5.79. The second-order valence-electron chi connectivity index (χ2n) is 6.07. The van der Waals surface area contributed by atoms with Crippen molar-refractivity contribution in [3.05, 3.63) is 42.0 Å². The molecule has 3 rings (SSSR count). The standard InChI is InChI=1S/C18H21N3O/c1-11(2)10-20-15-6-5-13(9-14(15)19)18-21-16-8-12(3)4-7-17(16)22-18/h4-9,11,20H,10,19H2,1-3H3. The molecule has 0 atom stereocenters. The number of aryl methyl sites for hydroxylation is 1. The largest absolute Gasteiger partial charge is 0.436 e. The van der Waals surface area contributed by atoms with Crippen LogP contribution < -0.4 is 11.1 Å². The molecule has 0 aliphatic rings. The second-order valence-corrected chi connectivity index (χ2v) is 6.07. The van der Waals surface area contributed by atoms with E-state index in [1.807, 2.05) is 43.3 Å². The van der Waals surface area contributed by atoms with Crippen molar-refractivity contribution >= 4 is 22.5 Å². The van der Waals surface area contributed by atoms with E-state index in [0.717, 1.165) is 28.9 Å². The smallest absolute Gasteiger partial charge is 0.227 e. The molecule has 0 spiro atoms. The van der Waals surface area contributed by atoms with Crippen LogP contribution in [0.5, 0.6) is 0 Å². The van der Waals surface area contributed by atoms with E-state index in [-0.39, 0.29) is 0 Å². The lowest BCUT2D eigenvalue weighted by atomic mass is 10.1. The predicted molar refractivity (Wildman–Crippen MR) is 91.9 cm³/mol. The minimum Gasteiger partial charge on any atom is -0.436 e. The van der Waals surface area contributed by atoms with Gasteiger partial charge in [-0.15, -0.1) is 0 Å². The Balaban J connectivity index is 1.91. The number of nitrogens with zero attached hydrogens (tertiary/aromatic N) is 1. The molecule has 1 heterocycles. The molecule has 0 aliphatic heterocycles. The summed E-state index contributed by atoms with van der Waals surface area (Å²) in [4.78, 5) is 4.55. The molecule has 0 saturated heterocycles. The van der Waals surface area contributed by atoms with E-state index in [2.05, 4.69) is 24.1 Å². The van der Waals surface area contributed by atoms with E-state index in [1.165, 1.54) is 5.56 Å². The molecule has 0 amide bonds. The maximum atomic E-state index is 6.13. The van der Waals surface area contributed by atoms with Crippen LogP contribution in [0.1, 0.15) is 19.4 Å². The van der Waals surface area contributed by atoms with Gasteiger partial charge in [-0.05, 0) is 48.7 Å². The lowest BCUT2D eigenvalue weighted by molar-refractivity contribution is 0.620. The highest BCUT2D eigenvalue weighted by atomic mass is 16.3. The molecule has 3 aromatic rings. The van der Waals surface area contributed by atoms with Gasteiger partial charge in [0.2, 0.25) is 5.89 Å². The molecule has 3 N–H and O–H groups in total. The monoisotopic (exact) mass is 295 g/mol. The molecule has 0 unspecified atom stereocenters. The first-order valence-electron chi connectivity index (χ1n) is 7.54. The van der Waals surface area contributed by atoms with Crippen LogP contribution in [0.3, 0.4) is 0 Å². The predicted octanol–water partition coefficient (Wildman–Crippen LogP) is 4.45. The maximum Gasteiger partial charge on any atom is 0.227 e. The summed E-state index contributed by atoms with van der Waals surface area (Å²) in [7, 11) is 0. The molecule has 0 saturated carbocycles. The zero-order valence-electron chi connectivity index (χ0n) is 13.2. The summed E-state index contributed by atoms with van der Waals surface area (Å²) in [6.45, 7) is 7.27. The summed E-state index contributed by atoms with van der Waals surface area (Å²) in [6, 6.07) is 11.8. The van der Waals surface area contributed by atoms with Crippen molar-refractivity contribution in [1.29, 1.82) is 0 Å². The molecule has 4 nitrogen and oxygen atoms in total. The number of hydrogen-bond donors (Lipinski definition) is 2. The Bertz CT molecular complexity index is 805. The Hall–Kier alpha value is -2.49. The Morgan fingerprint density at radius 2 is 2.00 bits per heavy atom. The van der Waals surface area contributed by atoms with Gasteiger partial charge in [-0.3, -0.25) is 0 Å². The minimum atomic E-state index is 0.569. The minimum absolute atomic E-state index is 0.569. The fourth-order valence-electron chi connectivity index (χ4n) is 2.33. The van der Waals surface area contributed by atoms with Crippen molar-refractivity contribution in [2.24, 2.45) is 5.92 Å². The van der Waals surface area contributed by atoms with Crippen LogP contribution in [-0.4, -0.2) is 11.5 Å². The van der Waals surface area contributed by atoms with Gasteiger partial charge in [0, 0.05) is 12.1 Å². The van der Waals surface area contributed by atoms with Gasteiger partial charge in [-0.2, -0.15) is 0 Å². The van der Waals surface area contributed by atoms with Crippen molar-refractivity contribution in [1.82, 2.24) is 4.98 Å². The van der Waals surface area contributed by atoms with Crippen molar-refractivity contribution in [2.45, 2.75) is 20.8 Å². The highest BCUT2D eigenvalue weighted by Gasteiger charge is 2.10. The van der Waals surface area contributed by atoms with Crippen LogP contribution in [0, 0.1) is 12.8 Å². The van der Waals surface area contributed by atoms with E-state index in [0.29, 0.717) is 17.5 Å². The zero-order chi connectivity index (χ0) is 15.7. The van der Waals surface area contributed by atoms with E-state index < -0.39 is 0 Å². The average molecular weight is 295 g/mol.